The van der Waals surface area contributed by atoms with Crippen LogP contribution in [0.1, 0.15) is 74.1 Å². The summed E-state index contributed by atoms with van der Waals surface area (Å²) in [6.45, 7) is 8.53. The molecule has 0 unspecified atom stereocenters. The number of carboxylic acids is 1. The molecule has 0 aliphatic carbocycles. The van der Waals surface area contributed by atoms with Gasteiger partial charge in [-0.1, -0.05) is 55.8 Å². The van der Waals surface area contributed by atoms with Gasteiger partial charge in [-0.05, 0) is 56.4 Å². The van der Waals surface area contributed by atoms with Crippen LogP contribution in [0.3, 0.4) is 0 Å². The predicted molar refractivity (Wildman–Crippen MR) is 137 cm³/mol. The van der Waals surface area contributed by atoms with Gasteiger partial charge in [0, 0.05) is 25.5 Å². The number of imidazole rings is 1. The van der Waals surface area contributed by atoms with E-state index in [0.717, 1.165) is 41.8 Å². The van der Waals surface area contributed by atoms with Crippen molar-refractivity contribution in [3.63, 3.8) is 0 Å². The Kier molecular flexibility index (Phi) is 8.35. The standard InChI is InChI=1S/C28H36N2O5/c1-7-8-13-23-24(26(34-5)35-6)30(28(2,3)4)27(33)29(23)18-19-14-16-20(17-15-19)21-11-9-10-12-22(21)25(31)32/h9-12,14-17,26H,7-8,13,18H2,1-6H3,(H,31,32). The summed E-state index contributed by atoms with van der Waals surface area (Å²) in [5.41, 5.74) is 3.80. The molecule has 3 aromatic rings. The van der Waals surface area contributed by atoms with E-state index in [0.29, 0.717) is 12.1 Å². The van der Waals surface area contributed by atoms with Crippen molar-refractivity contribution in [1.82, 2.24) is 9.13 Å². The average molecular weight is 481 g/mol. The normalized spacial score (nSPS) is 11.9. The molecule has 0 aliphatic rings. The van der Waals surface area contributed by atoms with Gasteiger partial charge in [-0.3, -0.25) is 9.13 Å². The fourth-order valence-electron chi connectivity index (χ4n) is 4.48. The molecule has 0 saturated carbocycles. The van der Waals surface area contributed by atoms with Crippen LogP contribution in [0.25, 0.3) is 11.1 Å². The molecule has 35 heavy (non-hydrogen) atoms. The number of rotatable bonds is 10. The molecular weight excluding hydrogens is 444 g/mol. The van der Waals surface area contributed by atoms with Gasteiger partial charge in [0.05, 0.1) is 17.8 Å². The van der Waals surface area contributed by atoms with Gasteiger partial charge in [-0.2, -0.15) is 0 Å². The van der Waals surface area contributed by atoms with Gasteiger partial charge in [0.2, 0.25) is 6.29 Å². The van der Waals surface area contributed by atoms with E-state index < -0.39 is 17.8 Å². The number of unbranched alkanes of at least 4 members (excludes halogenated alkanes) is 1. The summed E-state index contributed by atoms with van der Waals surface area (Å²) in [6.07, 6.45) is 2.02. The van der Waals surface area contributed by atoms with Crippen molar-refractivity contribution in [3.8, 4) is 11.1 Å². The van der Waals surface area contributed by atoms with Crippen molar-refractivity contribution in [2.45, 2.75) is 65.3 Å². The van der Waals surface area contributed by atoms with Crippen LogP contribution in [-0.4, -0.2) is 34.4 Å². The van der Waals surface area contributed by atoms with E-state index in [1.165, 1.54) is 0 Å². The number of hydrogen-bond donors (Lipinski definition) is 1. The van der Waals surface area contributed by atoms with Crippen molar-refractivity contribution in [1.29, 1.82) is 0 Å². The first kappa shape index (κ1) is 26.4. The highest BCUT2D eigenvalue weighted by molar-refractivity contribution is 5.95. The Morgan fingerprint density at radius 2 is 1.66 bits per heavy atom. The van der Waals surface area contributed by atoms with Gasteiger partial charge in [0.15, 0.2) is 0 Å². The first-order chi connectivity index (χ1) is 16.6. The summed E-state index contributed by atoms with van der Waals surface area (Å²) in [4.78, 5) is 25.3. The van der Waals surface area contributed by atoms with E-state index in [1.807, 2.05) is 55.7 Å². The Hall–Kier alpha value is -3.16. The lowest BCUT2D eigenvalue weighted by Gasteiger charge is -2.26. The Labute approximate surface area is 206 Å². The molecule has 1 N–H and O–H groups in total. The van der Waals surface area contributed by atoms with E-state index >= 15 is 0 Å². The lowest BCUT2D eigenvalue weighted by molar-refractivity contribution is -0.112. The van der Waals surface area contributed by atoms with Crippen LogP contribution >= 0.6 is 0 Å². The number of methoxy groups -OCH3 is 2. The number of aromatic carboxylic acids is 1. The molecule has 7 heteroatoms. The number of carboxylic acid groups (broad SMARTS) is 1. The zero-order valence-electron chi connectivity index (χ0n) is 21.5. The van der Waals surface area contributed by atoms with Crippen molar-refractivity contribution in [2.75, 3.05) is 14.2 Å². The first-order valence-electron chi connectivity index (χ1n) is 12.0. The van der Waals surface area contributed by atoms with Crippen LogP contribution in [0.2, 0.25) is 0 Å². The zero-order valence-corrected chi connectivity index (χ0v) is 21.5. The Balaban J connectivity index is 2.09. The molecule has 0 fully saturated rings. The van der Waals surface area contributed by atoms with Gasteiger partial charge >= 0.3 is 11.7 Å². The minimum absolute atomic E-state index is 0.0991. The largest absolute Gasteiger partial charge is 0.478 e. The smallest absolute Gasteiger partial charge is 0.336 e. The van der Waals surface area contributed by atoms with Crippen LogP contribution in [-0.2, 0) is 28.0 Å². The third-order valence-electron chi connectivity index (χ3n) is 6.14. The van der Waals surface area contributed by atoms with E-state index in [2.05, 4.69) is 6.92 Å². The zero-order chi connectivity index (χ0) is 25.8. The third kappa shape index (κ3) is 5.57. The van der Waals surface area contributed by atoms with Gasteiger partial charge in [-0.15, -0.1) is 0 Å². The molecule has 0 aliphatic heterocycles. The molecule has 0 atom stereocenters. The third-order valence-corrected chi connectivity index (χ3v) is 6.14. The minimum Gasteiger partial charge on any atom is -0.478 e. The highest BCUT2D eigenvalue weighted by Gasteiger charge is 2.31. The van der Waals surface area contributed by atoms with Crippen LogP contribution in [0.5, 0.6) is 0 Å². The topological polar surface area (TPSA) is 82.7 Å². The fraction of sp³-hybridized carbons (Fsp3) is 0.429. The molecule has 2 aromatic carbocycles. The molecule has 0 radical (unpaired) electrons. The maximum absolute atomic E-state index is 13.7. The second kappa shape index (κ2) is 11.1. The monoisotopic (exact) mass is 480 g/mol. The van der Waals surface area contributed by atoms with Crippen molar-refractivity contribution in [2.24, 2.45) is 0 Å². The van der Waals surface area contributed by atoms with Crippen molar-refractivity contribution in [3.05, 3.63) is 81.5 Å². The van der Waals surface area contributed by atoms with E-state index in [-0.39, 0.29) is 11.3 Å². The number of nitrogens with zero attached hydrogens (tertiary/aromatic N) is 2. The fourth-order valence-corrected chi connectivity index (χ4v) is 4.48. The van der Waals surface area contributed by atoms with Crippen LogP contribution < -0.4 is 5.69 Å². The summed E-state index contributed by atoms with van der Waals surface area (Å²) in [7, 11) is 3.17. The van der Waals surface area contributed by atoms with E-state index in [1.54, 1.807) is 37.0 Å². The number of aromatic nitrogens is 2. The molecular formula is C28H36N2O5. The number of carbonyl (C=O) groups is 1. The number of benzene rings is 2. The Morgan fingerprint density at radius 1 is 1.03 bits per heavy atom. The number of hydrogen-bond acceptors (Lipinski definition) is 4. The second-order valence-electron chi connectivity index (χ2n) is 9.66. The second-order valence-corrected chi connectivity index (χ2v) is 9.66. The summed E-state index contributed by atoms with van der Waals surface area (Å²) in [5, 5.41) is 9.53. The lowest BCUT2D eigenvalue weighted by Crippen LogP contribution is -2.37. The van der Waals surface area contributed by atoms with Gasteiger partial charge in [0.25, 0.3) is 0 Å². The summed E-state index contributed by atoms with van der Waals surface area (Å²) in [6, 6.07) is 14.7. The highest BCUT2D eigenvalue weighted by atomic mass is 16.7. The van der Waals surface area contributed by atoms with Gasteiger partial charge in [0.1, 0.15) is 0 Å². The van der Waals surface area contributed by atoms with E-state index in [9.17, 15) is 14.7 Å². The average Bonchev–Trinajstić information content (AvgIpc) is 3.10. The predicted octanol–water partition coefficient (Wildman–Crippen LogP) is 5.45. The van der Waals surface area contributed by atoms with Gasteiger partial charge in [-0.25, -0.2) is 9.59 Å². The van der Waals surface area contributed by atoms with Crippen LogP contribution in [0.15, 0.2) is 53.3 Å². The molecule has 188 valence electrons. The van der Waals surface area contributed by atoms with Crippen molar-refractivity contribution >= 4 is 5.97 Å². The number of ether oxygens (including phenoxy) is 2. The maximum Gasteiger partial charge on any atom is 0.336 e. The summed E-state index contributed by atoms with van der Waals surface area (Å²) in [5.74, 6) is -0.960. The maximum atomic E-state index is 13.7. The van der Waals surface area contributed by atoms with Crippen molar-refractivity contribution < 1.29 is 19.4 Å². The molecule has 1 aromatic heterocycles. The Morgan fingerprint density at radius 3 is 2.20 bits per heavy atom. The highest BCUT2D eigenvalue weighted by Crippen LogP contribution is 2.29. The molecule has 0 bridgehead atoms. The molecule has 7 nitrogen and oxygen atoms in total. The van der Waals surface area contributed by atoms with E-state index in [4.69, 9.17) is 9.47 Å². The quantitative estimate of drug-likeness (QED) is 0.390. The lowest BCUT2D eigenvalue weighted by atomic mass is 9.98. The minimum atomic E-state index is -0.960. The van der Waals surface area contributed by atoms with Gasteiger partial charge < -0.3 is 14.6 Å². The van der Waals surface area contributed by atoms with Crippen LogP contribution in [0.4, 0.5) is 0 Å². The summed E-state index contributed by atoms with van der Waals surface area (Å²) < 4.78 is 14.8. The molecule has 0 amide bonds. The first-order valence-corrected chi connectivity index (χ1v) is 12.0. The van der Waals surface area contributed by atoms with Crippen LogP contribution in [0, 0.1) is 0 Å². The molecule has 3 rings (SSSR count). The summed E-state index contributed by atoms with van der Waals surface area (Å²) >= 11 is 0. The Bertz CT molecular complexity index is 1210. The SMILES string of the molecule is CCCCc1c(C(OC)OC)n(C(C)(C)C)c(=O)n1Cc1ccc(-c2ccccc2C(=O)O)cc1. The molecule has 1 heterocycles. The molecule has 0 saturated heterocycles. The molecule has 0 spiro atoms.